The zero-order valence-electron chi connectivity index (χ0n) is 9.58. The summed E-state index contributed by atoms with van der Waals surface area (Å²) in [6.07, 6.45) is 4.15. The van der Waals surface area contributed by atoms with Crippen molar-refractivity contribution in [3.05, 3.63) is 30.1 Å². The monoisotopic (exact) mass is 223 g/mol. The molecule has 1 fully saturated rings. The smallest absolute Gasteiger partial charge is 0.123 e. The molecule has 0 bridgehead atoms. The Hall–Kier alpha value is -1.09. The van der Waals surface area contributed by atoms with Gasteiger partial charge in [-0.25, -0.2) is 4.39 Å². The molecule has 16 heavy (non-hydrogen) atoms. The SMILES string of the molecule is CC1(N)CCC(Oc2ccc(F)cc2)CC1. The van der Waals surface area contributed by atoms with Gasteiger partial charge >= 0.3 is 0 Å². The third-order valence-corrected chi connectivity index (χ3v) is 3.19. The summed E-state index contributed by atoms with van der Waals surface area (Å²) in [5.41, 5.74) is 6.01. The molecule has 1 saturated carbocycles. The van der Waals surface area contributed by atoms with E-state index < -0.39 is 0 Å². The Morgan fingerprint density at radius 1 is 1.25 bits per heavy atom. The highest BCUT2D eigenvalue weighted by Gasteiger charge is 2.28. The highest BCUT2D eigenvalue weighted by molar-refractivity contribution is 5.22. The predicted octanol–water partition coefficient (Wildman–Crippen LogP) is 2.86. The third-order valence-electron chi connectivity index (χ3n) is 3.19. The van der Waals surface area contributed by atoms with Gasteiger partial charge in [-0.1, -0.05) is 0 Å². The molecule has 1 aromatic rings. The molecule has 2 nitrogen and oxygen atoms in total. The second-order valence-corrected chi connectivity index (χ2v) is 4.93. The molecule has 0 radical (unpaired) electrons. The Bertz CT molecular complexity index is 337. The van der Waals surface area contributed by atoms with Gasteiger partial charge in [0, 0.05) is 5.54 Å². The molecule has 0 spiro atoms. The van der Waals surface area contributed by atoms with Gasteiger partial charge in [-0.2, -0.15) is 0 Å². The lowest BCUT2D eigenvalue weighted by Gasteiger charge is -2.34. The van der Waals surface area contributed by atoms with Crippen LogP contribution in [0.25, 0.3) is 0 Å². The zero-order valence-corrected chi connectivity index (χ0v) is 9.58. The highest BCUT2D eigenvalue weighted by atomic mass is 19.1. The molecule has 0 amide bonds. The fourth-order valence-electron chi connectivity index (χ4n) is 2.07. The van der Waals surface area contributed by atoms with E-state index in [1.165, 1.54) is 12.1 Å². The van der Waals surface area contributed by atoms with Crippen LogP contribution in [0.4, 0.5) is 4.39 Å². The number of rotatable bonds is 2. The van der Waals surface area contributed by atoms with Crippen molar-refractivity contribution in [2.75, 3.05) is 0 Å². The first-order chi connectivity index (χ1) is 7.55. The molecule has 88 valence electrons. The summed E-state index contributed by atoms with van der Waals surface area (Å²) in [5, 5.41) is 0. The van der Waals surface area contributed by atoms with E-state index in [0.717, 1.165) is 31.4 Å². The van der Waals surface area contributed by atoms with Gasteiger partial charge in [0.15, 0.2) is 0 Å². The number of hydrogen-bond donors (Lipinski definition) is 1. The molecule has 0 unspecified atom stereocenters. The van der Waals surface area contributed by atoms with Crippen molar-refractivity contribution >= 4 is 0 Å². The standard InChI is InChI=1S/C13H18FNO/c1-13(15)8-6-12(7-9-13)16-11-4-2-10(14)3-5-11/h2-5,12H,6-9,15H2,1H3. The van der Waals surface area contributed by atoms with Crippen LogP contribution in [0.5, 0.6) is 5.75 Å². The topological polar surface area (TPSA) is 35.2 Å². The van der Waals surface area contributed by atoms with Gasteiger partial charge in [0.2, 0.25) is 0 Å². The second kappa shape index (κ2) is 4.42. The van der Waals surface area contributed by atoms with E-state index in [9.17, 15) is 4.39 Å². The molecule has 0 aromatic heterocycles. The fraction of sp³-hybridized carbons (Fsp3) is 0.538. The first-order valence-electron chi connectivity index (χ1n) is 5.76. The van der Waals surface area contributed by atoms with Crippen LogP contribution in [0.3, 0.4) is 0 Å². The zero-order chi connectivity index (χ0) is 11.6. The van der Waals surface area contributed by atoms with Crippen LogP contribution in [0, 0.1) is 5.82 Å². The summed E-state index contributed by atoms with van der Waals surface area (Å²) in [6, 6.07) is 6.19. The quantitative estimate of drug-likeness (QED) is 0.836. The lowest BCUT2D eigenvalue weighted by Crippen LogP contribution is -2.42. The Balaban J connectivity index is 1.89. The minimum atomic E-state index is -0.231. The Morgan fingerprint density at radius 2 is 1.81 bits per heavy atom. The Labute approximate surface area is 95.6 Å². The van der Waals surface area contributed by atoms with Crippen LogP contribution in [-0.2, 0) is 0 Å². The lowest BCUT2D eigenvalue weighted by molar-refractivity contribution is 0.124. The first-order valence-corrected chi connectivity index (χ1v) is 5.76. The van der Waals surface area contributed by atoms with Crippen LogP contribution in [-0.4, -0.2) is 11.6 Å². The summed E-state index contributed by atoms with van der Waals surface area (Å²) in [6.45, 7) is 2.08. The molecule has 0 saturated heterocycles. The maximum atomic E-state index is 12.7. The van der Waals surface area contributed by atoms with Gasteiger partial charge in [-0.15, -0.1) is 0 Å². The number of ether oxygens (including phenoxy) is 1. The van der Waals surface area contributed by atoms with Gasteiger partial charge in [-0.05, 0) is 56.9 Å². The Kier molecular flexibility index (Phi) is 3.15. The molecular weight excluding hydrogens is 205 g/mol. The molecule has 1 aliphatic carbocycles. The van der Waals surface area contributed by atoms with Crippen molar-refractivity contribution in [3.63, 3.8) is 0 Å². The minimum absolute atomic E-state index is 0.0390. The number of hydrogen-bond acceptors (Lipinski definition) is 2. The minimum Gasteiger partial charge on any atom is -0.490 e. The van der Waals surface area contributed by atoms with Crippen LogP contribution in [0.1, 0.15) is 32.6 Å². The van der Waals surface area contributed by atoms with Gasteiger partial charge in [0.05, 0.1) is 6.10 Å². The van der Waals surface area contributed by atoms with E-state index >= 15 is 0 Å². The number of halogens is 1. The third kappa shape index (κ3) is 2.95. The summed E-state index contributed by atoms with van der Waals surface area (Å²) < 4.78 is 18.5. The highest BCUT2D eigenvalue weighted by Crippen LogP contribution is 2.28. The largest absolute Gasteiger partial charge is 0.490 e. The van der Waals surface area contributed by atoms with Crippen molar-refractivity contribution in [3.8, 4) is 5.75 Å². The fourth-order valence-corrected chi connectivity index (χ4v) is 2.07. The van der Waals surface area contributed by atoms with Crippen molar-refractivity contribution in [1.82, 2.24) is 0 Å². The average Bonchev–Trinajstić information content (AvgIpc) is 2.24. The van der Waals surface area contributed by atoms with E-state index in [1.54, 1.807) is 12.1 Å². The maximum Gasteiger partial charge on any atom is 0.123 e. The van der Waals surface area contributed by atoms with E-state index in [-0.39, 0.29) is 17.5 Å². The van der Waals surface area contributed by atoms with Crippen molar-refractivity contribution in [2.45, 2.75) is 44.2 Å². The van der Waals surface area contributed by atoms with Gasteiger partial charge in [-0.3, -0.25) is 0 Å². The normalized spacial score (nSPS) is 30.1. The summed E-state index contributed by atoms with van der Waals surface area (Å²) >= 11 is 0. The molecular formula is C13H18FNO. The van der Waals surface area contributed by atoms with Gasteiger partial charge in [0.1, 0.15) is 11.6 Å². The summed E-state index contributed by atoms with van der Waals surface area (Å²) in [7, 11) is 0. The lowest BCUT2D eigenvalue weighted by atomic mass is 9.83. The Morgan fingerprint density at radius 3 is 2.38 bits per heavy atom. The van der Waals surface area contributed by atoms with Crippen LogP contribution >= 0.6 is 0 Å². The molecule has 2 N–H and O–H groups in total. The number of nitrogens with two attached hydrogens (primary N) is 1. The van der Waals surface area contributed by atoms with E-state index in [0.29, 0.717) is 0 Å². The molecule has 0 heterocycles. The van der Waals surface area contributed by atoms with E-state index in [4.69, 9.17) is 10.5 Å². The number of benzene rings is 1. The molecule has 2 rings (SSSR count). The molecule has 1 aromatic carbocycles. The van der Waals surface area contributed by atoms with Crippen LogP contribution < -0.4 is 10.5 Å². The molecule has 3 heteroatoms. The van der Waals surface area contributed by atoms with Gasteiger partial charge < -0.3 is 10.5 Å². The van der Waals surface area contributed by atoms with Crippen LogP contribution in [0.2, 0.25) is 0 Å². The second-order valence-electron chi connectivity index (χ2n) is 4.93. The van der Waals surface area contributed by atoms with Crippen molar-refractivity contribution in [2.24, 2.45) is 5.73 Å². The van der Waals surface area contributed by atoms with Crippen LogP contribution in [0.15, 0.2) is 24.3 Å². The predicted molar refractivity (Wildman–Crippen MR) is 61.9 cm³/mol. The maximum absolute atomic E-state index is 12.7. The molecule has 1 aliphatic rings. The first kappa shape index (κ1) is 11.4. The van der Waals surface area contributed by atoms with Gasteiger partial charge in [0.25, 0.3) is 0 Å². The average molecular weight is 223 g/mol. The van der Waals surface area contributed by atoms with E-state index in [2.05, 4.69) is 6.92 Å². The summed E-state index contributed by atoms with van der Waals surface area (Å²) in [4.78, 5) is 0. The van der Waals surface area contributed by atoms with Crippen molar-refractivity contribution < 1.29 is 9.13 Å². The van der Waals surface area contributed by atoms with E-state index in [1.807, 2.05) is 0 Å². The van der Waals surface area contributed by atoms with Crippen molar-refractivity contribution in [1.29, 1.82) is 0 Å². The molecule has 0 atom stereocenters. The summed E-state index contributed by atoms with van der Waals surface area (Å²) in [5.74, 6) is 0.512. The molecule has 0 aliphatic heterocycles.